The van der Waals surface area contributed by atoms with E-state index in [1.54, 1.807) is 44.6 Å². The van der Waals surface area contributed by atoms with Gasteiger partial charge in [-0.05, 0) is 18.2 Å². The molecule has 20 heavy (non-hydrogen) atoms. The molecule has 1 aromatic heterocycles. The molecule has 2 aromatic rings. The zero-order valence-corrected chi connectivity index (χ0v) is 12.5. The summed E-state index contributed by atoms with van der Waals surface area (Å²) in [6, 6.07) is 6.50. The lowest BCUT2D eigenvalue weighted by Gasteiger charge is -2.11. The second-order valence-electron chi connectivity index (χ2n) is 4.61. The summed E-state index contributed by atoms with van der Waals surface area (Å²) in [6.45, 7) is 0. The molecule has 0 unspecified atom stereocenters. The number of amides is 1. The number of H-pyrrole nitrogens is 1. The molecule has 6 heteroatoms. The molecule has 0 radical (unpaired) electrons. The van der Waals surface area contributed by atoms with Crippen molar-refractivity contribution in [3.63, 3.8) is 0 Å². The van der Waals surface area contributed by atoms with Gasteiger partial charge in [0.15, 0.2) is 0 Å². The number of aliphatic hydroxyl groups is 1. The maximum Gasteiger partial charge on any atom is 0.269 e. The fourth-order valence-electron chi connectivity index (χ4n) is 1.84. The van der Waals surface area contributed by atoms with Gasteiger partial charge in [-0.2, -0.15) is 0 Å². The van der Waals surface area contributed by atoms with E-state index in [4.69, 9.17) is 23.2 Å². The summed E-state index contributed by atoms with van der Waals surface area (Å²) in [4.78, 5) is 16.1. The van der Waals surface area contributed by atoms with Crippen molar-refractivity contribution in [3.05, 3.63) is 57.3 Å². The highest BCUT2D eigenvalue weighted by molar-refractivity contribution is 6.35. The fourth-order valence-corrected chi connectivity index (χ4v) is 2.35. The fraction of sp³-hybridized carbons (Fsp3) is 0.214. The topological polar surface area (TPSA) is 56.3 Å². The first-order valence-corrected chi connectivity index (χ1v) is 6.68. The number of nitrogens with zero attached hydrogens (tertiary/aromatic N) is 1. The van der Waals surface area contributed by atoms with Crippen molar-refractivity contribution in [1.82, 2.24) is 9.88 Å². The van der Waals surface area contributed by atoms with Gasteiger partial charge in [-0.1, -0.05) is 29.3 Å². The second kappa shape index (κ2) is 5.87. The Labute approximate surface area is 126 Å². The van der Waals surface area contributed by atoms with E-state index in [9.17, 15) is 9.90 Å². The number of aromatic nitrogens is 1. The van der Waals surface area contributed by atoms with Crippen molar-refractivity contribution in [2.24, 2.45) is 0 Å². The van der Waals surface area contributed by atoms with Crippen molar-refractivity contribution in [3.8, 4) is 0 Å². The van der Waals surface area contributed by atoms with Gasteiger partial charge >= 0.3 is 0 Å². The highest BCUT2D eigenvalue weighted by atomic mass is 35.5. The molecular weight excluding hydrogens is 299 g/mol. The van der Waals surface area contributed by atoms with E-state index >= 15 is 0 Å². The number of carbonyl (C=O) groups excluding carboxylic acids is 1. The van der Waals surface area contributed by atoms with E-state index < -0.39 is 6.10 Å². The molecule has 4 nitrogen and oxygen atoms in total. The first kappa shape index (κ1) is 14.9. The summed E-state index contributed by atoms with van der Waals surface area (Å²) in [5.74, 6) is -0.161. The van der Waals surface area contributed by atoms with Crippen LogP contribution in [-0.4, -0.2) is 35.0 Å². The Morgan fingerprint density at radius 1 is 1.30 bits per heavy atom. The molecule has 1 atom stereocenters. The summed E-state index contributed by atoms with van der Waals surface area (Å²) >= 11 is 11.9. The zero-order valence-electron chi connectivity index (χ0n) is 11.0. The smallest absolute Gasteiger partial charge is 0.269 e. The van der Waals surface area contributed by atoms with Crippen LogP contribution in [0.25, 0.3) is 0 Å². The third-order valence-electron chi connectivity index (χ3n) is 2.91. The monoisotopic (exact) mass is 312 g/mol. The number of benzene rings is 1. The third kappa shape index (κ3) is 2.98. The van der Waals surface area contributed by atoms with Crippen LogP contribution >= 0.6 is 23.2 Å². The average molecular weight is 313 g/mol. The molecule has 106 valence electrons. The molecule has 2 N–H and O–H groups in total. The van der Waals surface area contributed by atoms with Crippen molar-refractivity contribution < 1.29 is 9.90 Å². The van der Waals surface area contributed by atoms with Crippen molar-refractivity contribution in [2.75, 3.05) is 14.1 Å². The predicted octanol–water partition coefficient (Wildman–Crippen LogP) is 3.11. The number of rotatable bonds is 3. The number of nitrogens with one attached hydrogen (secondary N) is 1. The van der Waals surface area contributed by atoms with Gasteiger partial charge in [-0.3, -0.25) is 4.79 Å². The number of carbonyl (C=O) groups is 1. The summed E-state index contributed by atoms with van der Waals surface area (Å²) in [6.07, 6.45) is 0.673. The van der Waals surface area contributed by atoms with Crippen LogP contribution in [0.15, 0.2) is 30.5 Å². The van der Waals surface area contributed by atoms with E-state index in [-0.39, 0.29) is 5.91 Å². The number of aromatic amines is 1. The van der Waals surface area contributed by atoms with Crippen LogP contribution in [-0.2, 0) is 0 Å². The van der Waals surface area contributed by atoms with Gasteiger partial charge in [0.2, 0.25) is 0 Å². The van der Waals surface area contributed by atoms with Crippen molar-refractivity contribution >= 4 is 29.1 Å². The van der Waals surface area contributed by atoms with Crippen LogP contribution < -0.4 is 0 Å². The first-order chi connectivity index (χ1) is 9.40. The Bertz CT molecular complexity index is 638. The Morgan fingerprint density at radius 3 is 2.60 bits per heavy atom. The highest BCUT2D eigenvalue weighted by Gasteiger charge is 2.18. The molecule has 0 saturated heterocycles. The SMILES string of the molecule is CN(C)C(=O)c1cc([C@H](O)c2ccc(Cl)cc2Cl)c[nH]1. The van der Waals surface area contributed by atoms with Crippen molar-refractivity contribution in [2.45, 2.75) is 6.10 Å². The number of hydrogen-bond acceptors (Lipinski definition) is 2. The first-order valence-electron chi connectivity index (χ1n) is 5.93. The molecule has 0 fully saturated rings. The molecule has 0 spiro atoms. The molecule has 0 saturated carbocycles. The maximum absolute atomic E-state index is 11.8. The Morgan fingerprint density at radius 2 is 2.00 bits per heavy atom. The second-order valence-corrected chi connectivity index (χ2v) is 5.46. The summed E-state index contributed by atoms with van der Waals surface area (Å²) in [5.41, 5.74) is 1.52. The molecule has 2 rings (SSSR count). The molecule has 1 amide bonds. The molecule has 0 bridgehead atoms. The lowest BCUT2D eigenvalue weighted by molar-refractivity contribution is 0.0822. The van der Waals surface area contributed by atoms with Crippen LogP contribution in [0.2, 0.25) is 10.0 Å². The van der Waals surface area contributed by atoms with E-state index in [1.165, 1.54) is 4.90 Å². The normalized spacial score (nSPS) is 12.2. The molecular formula is C14H14Cl2N2O2. The molecule has 0 aliphatic heterocycles. The van der Waals surface area contributed by atoms with Crippen LogP contribution in [0.4, 0.5) is 0 Å². The minimum absolute atomic E-state index is 0.161. The van der Waals surface area contributed by atoms with Gasteiger partial charge < -0.3 is 15.0 Å². The van der Waals surface area contributed by atoms with Crippen molar-refractivity contribution in [1.29, 1.82) is 0 Å². The number of hydrogen-bond donors (Lipinski definition) is 2. The summed E-state index contributed by atoms with van der Waals surface area (Å²) in [7, 11) is 3.32. The number of aliphatic hydroxyl groups excluding tert-OH is 1. The molecule has 1 heterocycles. The van der Waals surface area contributed by atoms with Gasteiger partial charge in [0.05, 0.1) is 0 Å². The quantitative estimate of drug-likeness (QED) is 0.915. The minimum atomic E-state index is -0.917. The van der Waals surface area contributed by atoms with Gasteiger partial charge in [0, 0.05) is 41.5 Å². The van der Waals surface area contributed by atoms with E-state index in [1.807, 2.05) is 0 Å². The zero-order chi connectivity index (χ0) is 14.9. The van der Waals surface area contributed by atoms with Crippen LogP contribution in [0.5, 0.6) is 0 Å². The van der Waals surface area contributed by atoms with Gasteiger partial charge in [0.1, 0.15) is 11.8 Å². The largest absolute Gasteiger partial charge is 0.384 e. The third-order valence-corrected chi connectivity index (χ3v) is 3.48. The van der Waals surface area contributed by atoms with Gasteiger partial charge in [0.25, 0.3) is 5.91 Å². The molecule has 1 aromatic carbocycles. The predicted molar refractivity (Wildman–Crippen MR) is 79.3 cm³/mol. The maximum atomic E-state index is 11.8. The molecule has 0 aliphatic carbocycles. The highest BCUT2D eigenvalue weighted by Crippen LogP contribution is 2.30. The number of halogens is 2. The Balaban J connectivity index is 2.30. The lowest BCUT2D eigenvalue weighted by Crippen LogP contribution is -2.21. The standard InChI is InChI=1S/C14H14Cl2N2O2/c1-18(2)14(20)12-5-8(7-17-12)13(19)10-4-3-9(15)6-11(10)16/h3-7,13,17,19H,1-2H3/t13-/m0/s1. The summed E-state index contributed by atoms with van der Waals surface area (Å²) < 4.78 is 0. The Kier molecular flexibility index (Phi) is 4.38. The van der Waals surface area contributed by atoms with E-state index in [0.717, 1.165) is 0 Å². The van der Waals surface area contributed by atoms with Crippen LogP contribution in [0.3, 0.4) is 0 Å². The summed E-state index contributed by atoms with van der Waals surface area (Å²) in [5, 5.41) is 11.2. The van der Waals surface area contributed by atoms with E-state index in [0.29, 0.717) is 26.9 Å². The minimum Gasteiger partial charge on any atom is -0.384 e. The van der Waals surface area contributed by atoms with Crippen LogP contribution in [0, 0.1) is 0 Å². The van der Waals surface area contributed by atoms with Gasteiger partial charge in [-0.15, -0.1) is 0 Å². The van der Waals surface area contributed by atoms with Crippen LogP contribution in [0.1, 0.15) is 27.7 Å². The Hall–Kier alpha value is -1.49. The average Bonchev–Trinajstić information content (AvgIpc) is 2.86. The lowest BCUT2D eigenvalue weighted by atomic mass is 10.0. The molecule has 0 aliphatic rings. The van der Waals surface area contributed by atoms with Gasteiger partial charge in [-0.25, -0.2) is 0 Å². The van der Waals surface area contributed by atoms with E-state index in [2.05, 4.69) is 4.98 Å².